The normalized spacial score (nSPS) is 18.6. The van der Waals surface area contributed by atoms with Gasteiger partial charge >= 0.3 is 12.1 Å². The fraction of sp³-hybridized carbons (Fsp3) is 0.375. The number of esters is 1. The molecule has 0 aliphatic carbocycles. The maximum Gasteiger partial charge on any atom is 0.416 e. The molecule has 1 amide bonds. The quantitative estimate of drug-likeness (QED) is 0.622. The molecule has 9 heteroatoms. The molecule has 0 bridgehead atoms. The van der Waals surface area contributed by atoms with Crippen LogP contribution in [0.3, 0.4) is 0 Å². The summed E-state index contributed by atoms with van der Waals surface area (Å²) in [6.07, 6.45) is -3.20. The molecule has 0 aromatic heterocycles. The van der Waals surface area contributed by atoms with E-state index in [2.05, 4.69) is 9.89 Å². The molecule has 33 heavy (non-hydrogen) atoms. The molecule has 4 rings (SSSR count). The van der Waals surface area contributed by atoms with Gasteiger partial charge in [-0.3, -0.25) is 19.4 Å². The van der Waals surface area contributed by atoms with Crippen LogP contribution in [-0.4, -0.2) is 48.9 Å². The van der Waals surface area contributed by atoms with E-state index in [9.17, 15) is 22.8 Å². The van der Waals surface area contributed by atoms with Crippen LogP contribution in [0.1, 0.15) is 30.9 Å². The highest BCUT2D eigenvalue weighted by atomic mass is 19.4. The number of alkyl halides is 3. The summed E-state index contributed by atoms with van der Waals surface area (Å²) in [4.78, 5) is 33.2. The lowest BCUT2D eigenvalue weighted by atomic mass is 9.97. The van der Waals surface area contributed by atoms with Gasteiger partial charge in [0.1, 0.15) is 5.71 Å². The molecule has 1 saturated heterocycles. The standard InChI is InChI=1S/C24H24F3N3O3/c1-2-33-23(32)16-10-12-29(13-11-16)15-30-20-9-4-3-8-19(20)21(22(30)31)28-18-7-5-6-17(14-18)24(25,26)27/h3-9,14,16H,2,10-13,15H2,1H3. The number of hydrogen-bond acceptors (Lipinski definition) is 5. The number of anilines is 1. The lowest BCUT2D eigenvalue weighted by molar-refractivity contribution is -0.149. The monoisotopic (exact) mass is 459 g/mol. The molecular formula is C24H24F3N3O3. The number of fused-ring (bicyclic) bond motifs is 1. The molecule has 0 unspecified atom stereocenters. The van der Waals surface area contributed by atoms with Crippen LogP contribution in [0.5, 0.6) is 0 Å². The summed E-state index contributed by atoms with van der Waals surface area (Å²) >= 11 is 0. The molecule has 0 atom stereocenters. The smallest absolute Gasteiger partial charge is 0.416 e. The molecule has 0 N–H and O–H groups in total. The van der Waals surface area contributed by atoms with Crippen LogP contribution in [0.15, 0.2) is 53.5 Å². The third-order valence-corrected chi connectivity index (χ3v) is 5.86. The number of rotatable bonds is 5. The minimum absolute atomic E-state index is 0.0695. The van der Waals surface area contributed by atoms with Crippen molar-refractivity contribution in [2.75, 3.05) is 31.3 Å². The van der Waals surface area contributed by atoms with E-state index in [1.54, 1.807) is 36.1 Å². The van der Waals surface area contributed by atoms with Gasteiger partial charge in [0.25, 0.3) is 5.91 Å². The van der Waals surface area contributed by atoms with E-state index in [1.807, 2.05) is 0 Å². The predicted molar refractivity (Wildman–Crippen MR) is 117 cm³/mol. The van der Waals surface area contributed by atoms with Crippen LogP contribution in [0.4, 0.5) is 24.5 Å². The Balaban J connectivity index is 1.54. The van der Waals surface area contributed by atoms with Crippen molar-refractivity contribution < 1.29 is 27.5 Å². The zero-order valence-corrected chi connectivity index (χ0v) is 18.1. The zero-order valence-electron chi connectivity index (χ0n) is 18.1. The second kappa shape index (κ2) is 9.35. The average Bonchev–Trinajstić information content (AvgIpc) is 3.05. The summed E-state index contributed by atoms with van der Waals surface area (Å²) in [6, 6.07) is 11.7. The first-order valence-electron chi connectivity index (χ1n) is 10.8. The lowest BCUT2D eigenvalue weighted by Crippen LogP contribution is -2.45. The summed E-state index contributed by atoms with van der Waals surface area (Å²) in [6.45, 7) is 3.71. The van der Waals surface area contributed by atoms with Gasteiger partial charge in [-0.15, -0.1) is 0 Å². The van der Waals surface area contributed by atoms with E-state index in [-0.39, 0.29) is 29.2 Å². The fourth-order valence-electron chi connectivity index (χ4n) is 4.16. The number of likely N-dealkylation sites (tertiary alicyclic amines) is 1. The summed E-state index contributed by atoms with van der Waals surface area (Å²) in [5, 5.41) is 0. The van der Waals surface area contributed by atoms with Gasteiger partial charge in [-0.2, -0.15) is 13.2 Å². The van der Waals surface area contributed by atoms with Crippen molar-refractivity contribution in [2.45, 2.75) is 25.9 Å². The Morgan fingerprint density at radius 1 is 1.12 bits per heavy atom. The second-order valence-corrected chi connectivity index (χ2v) is 8.04. The van der Waals surface area contributed by atoms with E-state index in [1.165, 1.54) is 12.1 Å². The minimum Gasteiger partial charge on any atom is -0.466 e. The zero-order chi connectivity index (χ0) is 23.6. The number of ether oxygens (including phenoxy) is 1. The number of nitrogens with zero attached hydrogens (tertiary/aromatic N) is 3. The third-order valence-electron chi connectivity index (χ3n) is 5.86. The van der Waals surface area contributed by atoms with Gasteiger partial charge in [0.05, 0.1) is 36.1 Å². The minimum atomic E-state index is -4.49. The van der Waals surface area contributed by atoms with Gasteiger partial charge in [0, 0.05) is 18.7 Å². The topological polar surface area (TPSA) is 62.2 Å². The first-order chi connectivity index (χ1) is 15.8. The van der Waals surface area contributed by atoms with Gasteiger partial charge in [-0.05, 0) is 44.0 Å². The molecule has 1 fully saturated rings. The molecule has 6 nitrogen and oxygen atoms in total. The number of para-hydroxylation sites is 1. The fourth-order valence-corrected chi connectivity index (χ4v) is 4.16. The number of amides is 1. The van der Waals surface area contributed by atoms with Crippen molar-refractivity contribution in [1.29, 1.82) is 0 Å². The van der Waals surface area contributed by atoms with Gasteiger partial charge < -0.3 is 4.74 Å². The predicted octanol–water partition coefficient (Wildman–Crippen LogP) is 4.41. The number of hydrogen-bond donors (Lipinski definition) is 0. The summed E-state index contributed by atoms with van der Waals surface area (Å²) in [5.41, 5.74) is 0.623. The summed E-state index contributed by atoms with van der Waals surface area (Å²) in [7, 11) is 0. The van der Waals surface area contributed by atoms with Crippen LogP contribution in [0.2, 0.25) is 0 Å². The van der Waals surface area contributed by atoms with E-state index in [0.717, 1.165) is 12.1 Å². The number of aliphatic imine (C=N–C) groups is 1. The molecule has 2 heterocycles. The summed E-state index contributed by atoms with van der Waals surface area (Å²) < 4.78 is 44.4. The number of benzene rings is 2. The number of carbonyl (C=O) groups excluding carboxylic acids is 2. The van der Waals surface area contributed by atoms with Crippen molar-refractivity contribution in [2.24, 2.45) is 10.9 Å². The van der Waals surface area contributed by atoms with E-state index in [4.69, 9.17) is 4.74 Å². The van der Waals surface area contributed by atoms with E-state index in [0.29, 0.717) is 50.5 Å². The van der Waals surface area contributed by atoms with Crippen LogP contribution < -0.4 is 4.90 Å². The van der Waals surface area contributed by atoms with Gasteiger partial charge in [0.2, 0.25) is 0 Å². The Morgan fingerprint density at radius 3 is 2.55 bits per heavy atom. The Kier molecular flexibility index (Phi) is 6.51. The van der Waals surface area contributed by atoms with Crippen molar-refractivity contribution in [1.82, 2.24) is 4.90 Å². The Morgan fingerprint density at radius 2 is 1.85 bits per heavy atom. The Bertz CT molecular complexity index is 1080. The van der Waals surface area contributed by atoms with Crippen LogP contribution in [0.25, 0.3) is 0 Å². The molecule has 0 radical (unpaired) electrons. The second-order valence-electron chi connectivity index (χ2n) is 8.04. The van der Waals surface area contributed by atoms with E-state index >= 15 is 0 Å². The number of piperidine rings is 1. The largest absolute Gasteiger partial charge is 0.466 e. The highest BCUT2D eigenvalue weighted by Crippen LogP contribution is 2.34. The Labute approximate surface area is 189 Å². The molecule has 2 aromatic carbocycles. The molecule has 2 aliphatic rings. The highest BCUT2D eigenvalue weighted by Gasteiger charge is 2.36. The van der Waals surface area contributed by atoms with Crippen molar-refractivity contribution in [3.63, 3.8) is 0 Å². The molecule has 2 aromatic rings. The van der Waals surface area contributed by atoms with Crippen molar-refractivity contribution >= 4 is 29.0 Å². The summed E-state index contributed by atoms with van der Waals surface area (Å²) in [5.74, 6) is -0.683. The van der Waals surface area contributed by atoms with Crippen LogP contribution in [-0.2, 0) is 20.5 Å². The number of halogens is 3. The molecule has 0 spiro atoms. The number of carbonyl (C=O) groups is 2. The first kappa shape index (κ1) is 23.0. The first-order valence-corrected chi connectivity index (χ1v) is 10.8. The van der Waals surface area contributed by atoms with Crippen molar-refractivity contribution in [3.05, 3.63) is 59.7 Å². The maximum absolute atomic E-state index is 13.3. The van der Waals surface area contributed by atoms with Crippen LogP contribution >= 0.6 is 0 Å². The van der Waals surface area contributed by atoms with Crippen molar-refractivity contribution in [3.8, 4) is 0 Å². The van der Waals surface area contributed by atoms with Crippen LogP contribution in [0, 0.1) is 5.92 Å². The van der Waals surface area contributed by atoms with E-state index < -0.39 is 11.7 Å². The maximum atomic E-state index is 13.3. The highest BCUT2D eigenvalue weighted by molar-refractivity contribution is 6.54. The molecular weight excluding hydrogens is 435 g/mol. The molecule has 174 valence electrons. The van der Waals surface area contributed by atoms with Gasteiger partial charge in [-0.25, -0.2) is 4.99 Å². The van der Waals surface area contributed by atoms with Gasteiger partial charge in [0.15, 0.2) is 0 Å². The third kappa shape index (κ3) is 4.93. The van der Waals surface area contributed by atoms with Gasteiger partial charge in [-0.1, -0.05) is 24.3 Å². The SMILES string of the molecule is CCOC(=O)C1CCN(CN2C(=O)C(=Nc3cccc(C(F)(F)F)c3)c3ccccc32)CC1. The molecule has 2 aliphatic heterocycles. The Hall–Kier alpha value is -3.20. The molecule has 0 saturated carbocycles. The average molecular weight is 459 g/mol. The lowest BCUT2D eigenvalue weighted by Gasteiger charge is -2.33.